The minimum atomic E-state index is -0.935. The third kappa shape index (κ3) is 1.54. The maximum atomic E-state index is 11.8. The van der Waals surface area contributed by atoms with Gasteiger partial charge in [-0.1, -0.05) is 36.9 Å². The maximum Gasteiger partial charge on any atom is 0.345 e. The van der Waals surface area contributed by atoms with Crippen LogP contribution in [0.15, 0.2) is 47.5 Å². The fourth-order valence-electron chi connectivity index (χ4n) is 1.59. The molecule has 0 unspecified atom stereocenters. The number of ether oxygens (including phenoxy) is 1. The highest BCUT2D eigenvalue weighted by atomic mass is 16.6. The van der Waals surface area contributed by atoms with Crippen LogP contribution in [0.2, 0.25) is 0 Å². The van der Waals surface area contributed by atoms with Gasteiger partial charge in [0.25, 0.3) is 0 Å². The van der Waals surface area contributed by atoms with Crippen molar-refractivity contribution >= 4 is 11.9 Å². The van der Waals surface area contributed by atoms with Gasteiger partial charge in [0, 0.05) is 5.57 Å². The smallest absolute Gasteiger partial charge is 0.345 e. The first-order valence-electron chi connectivity index (χ1n) is 5.07. The lowest BCUT2D eigenvalue weighted by molar-refractivity contribution is -0.138. The van der Waals surface area contributed by atoms with E-state index in [1.165, 1.54) is 0 Å². The van der Waals surface area contributed by atoms with Crippen LogP contribution in [0.1, 0.15) is 19.4 Å². The second kappa shape index (κ2) is 3.59. The second-order valence-electron chi connectivity index (χ2n) is 4.03. The number of aliphatic imine (C=N–C) groups is 1. The van der Waals surface area contributed by atoms with Crippen LogP contribution >= 0.6 is 0 Å². The summed E-state index contributed by atoms with van der Waals surface area (Å²) in [6.45, 7) is 7.24. The average molecular weight is 215 g/mol. The van der Waals surface area contributed by atoms with Gasteiger partial charge in [0.1, 0.15) is 0 Å². The molecule has 0 N–H and O–H groups in total. The Kier molecular flexibility index (Phi) is 2.38. The number of nitrogens with zero attached hydrogens (tertiary/aromatic N) is 1. The Morgan fingerprint density at radius 3 is 2.50 bits per heavy atom. The molecule has 1 aromatic rings. The van der Waals surface area contributed by atoms with Gasteiger partial charge in [0.2, 0.25) is 5.90 Å². The van der Waals surface area contributed by atoms with Gasteiger partial charge < -0.3 is 4.74 Å². The van der Waals surface area contributed by atoms with E-state index in [1.807, 2.05) is 30.3 Å². The Morgan fingerprint density at radius 1 is 1.38 bits per heavy atom. The third-order valence-corrected chi connectivity index (χ3v) is 2.61. The molecular formula is C13H13NO2. The molecule has 0 amide bonds. The van der Waals surface area contributed by atoms with Crippen LogP contribution in [0, 0.1) is 0 Å². The molecule has 1 atom stereocenters. The number of hydrogen-bond donors (Lipinski definition) is 0. The van der Waals surface area contributed by atoms with Gasteiger partial charge in [0.05, 0.1) is 0 Å². The molecule has 0 saturated carbocycles. The predicted octanol–water partition coefficient (Wildman–Crippen LogP) is 2.43. The topological polar surface area (TPSA) is 38.7 Å². The molecule has 0 spiro atoms. The number of carbonyl (C=O) groups is 1. The summed E-state index contributed by atoms with van der Waals surface area (Å²) in [7, 11) is 0. The first-order chi connectivity index (χ1) is 7.54. The molecule has 0 bridgehead atoms. The molecule has 0 saturated heterocycles. The van der Waals surface area contributed by atoms with Crippen molar-refractivity contribution in [3.05, 3.63) is 48.0 Å². The number of rotatable bonds is 2. The van der Waals surface area contributed by atoms with E-state index in [9.17, 15) is 4.79 Å². The van der Waals surface area contributed by atoms with Gasteiger partial charge in [-0.05, 0) is 19.4 Å². The monoisotopic (exact) mass is 215 g/mol. The van der Waals surface area contributed by atoms with Crippen LogP contribution in [0.5, 0.6) is 0 Å². The minimum absolute atomic E-state index is 0.330. The number of hydrogen-bond acceptors (Lipinski definition) is 3. The van der Waals surface area contributed by atoms with E-state index in [4.69, 9.17) is 4.74 Å². The summed E-state index contributed by atoms with van der Waals surface area (Å²) in [6, 6.07) is 9.39. The molecule has 2 rings (SSSR count). The van der Waals surface area contributed by atoms with Gasteiger partial charge >= 0.3 is 5.97 Å². The number of esters is 1. The average Bonchev–Trinajstić information content (AvgIpc) is 2.58. The lowest BCUT2D eigenvalue weighted by Gasteiger charge is -2.15. The number of cyclic esters (lactones) is 1. The molecular weight excluding hydrogens is 202 g/mol. The highest BCUT2D eigenvalue weighted by Crippen LogP contribution is 2.32. The first kappa shape index (κ1) is 10.6. The summed E-state index contributed by atoms with van der Waals surface area (Å²) in [5.74, 6) is -0.0203. The zero-order chi connectivity index (χ0) is 11.8. The van der Waals surface area contributed by atoms with Crippen LogP contribution in [0.4, 0.5) is 0 Å². The van der Waals surface area contributed by atoms with Crippen molar-refractivity contribution < 1.29 is 9.53 Å². The fraction of sp³-hybridized carbons (Fsp3) is 0.231. The van der Waals surface area contributed by atoms with Gasteiger partial charge in [-0.3, -0.25) is 0 Å². The standard InChI is InChI=1S/C13H13NO2/c1-9(2)11-14-13(3,12(15)16-11)10-7-5-4-6-8-10/h4-8H,1H2,2-3H3/t13-/m0/s1. The summed E-state index contributed by atoms with van der Waals surface area (Å²) < 4.78 is 5.10. The van der Waals surface area contributed by atoms with E-state index in [-0.39, 0.29) is 5.97 Å². The van der Waals surface area contributed by atoms with Crippen molar-refractivity contribution in [2.75, 3.05) is 0 Å². The van der Waals surface area contributed by atoms with Crippen LogP contribution < -0.4 is 0 Å². The second-order valence-corrected chi connectivity index (χ2v) is 4.03. The normalized spacial score (nSPS) is 23.9. The van der Waals surface area contributed by atoms with Crippen molar-refractivity contribution in [2.24, 2.45) is 4.99 Å². The maximum absolute atomic E-state index is 11.8. The van der Waals surface area contributed by atoms with E-state index >= 15 is 0 Å². The van der Waals surface area contributed by atoms with E-state index in [0.717, 1.165) is 5.56 Å². The SMILES string of the molecule is C=C(C)C1=N[C@@](C)(c2ccccc2)C(=O)O1. The van der Waals surface area contributed by atoms with E-state index < -0.39 is 5.54 Å². The molecule has 0 radical (unpaired) electrons. The highest BCUT2D eigenvalue weighted by Gasteiger charge is 2.43. The first-order valence-corrected chi connectivity index (χ1v) is 5.07. The Bertz CT molecular complexity index is 476. The summed E-state index contributed by atoms with van der Waals surface area (Å²) >= 11 is 0. The Hall–Kier alpha value is -1.90. The van der Waals surface area contributed by atoms with Crippen LogP contribution in [-0.4, -0.2) is 11.9 Å². The van der Waals surface area contributed by atoms with Crippen molar-refractivity contribution in [1.29, 1.82) is 0 Å². The van der Waals surface area contributed by atoms with E-state index in [2.05, 4.69) is 11.6 Å². The summed E-state index contributed by atoms with van der Waals surface area (Å²) in [5.41, 5.74) is 0.555. The van der Waals surface area contributed by atoms with Crippen molar-refractivity contribution in [2.45, 2.75) is 19.4 Å². The predicted molar refractivity (Wildman–Crippen MR) is 62.1 cm³/mol. The van der Waals surface area contributed by atoms with Gasteiger partial charge in [-0.2, -0.15) is 0 Å². The molecule has 3 heteroatoms. The van der Waals surface area contributed by atoms with Crippen LogP contribution in [0.3, 0.4) is 0 Å². The molecule has 0 aromatic heterocycles. The zero-order valence-corrected chi connectivity index (χ0v) is 9.36. The minimum Gasteiger partial charge on any atom is -0.405 e. The Morgan fingerprint density at radius 2 is 2.00 bits per heavy atom. The van der Waals surface area contributed by atoms with E-state index in [1.54, 1.807) is 13.8 Å². The van der Waals surface area contributed by atoms with E-state index in [0.29, 0.717) is 11.5 Å². The van der Waals surface area contributed by atoms with Crippen LogP contribution in [0.25, 0.3) is 0 Å². The Balaban J connectivity index is 2.47. The molecule has 1 aliphatic rings. The van der Waals surface area contributed by atoms with Crippen molar-refractivity contribution in [3.63, 3.8) is 0 Å². The molecule has 1 heterocycles. The number of carbonyl (C=O) groups excluding carboxylic acids is 1. The molecule has 16 heavy (non-hydrogen) atoms. The molecule has 0 aliphatic carbocycles. The Labute approximate surface area is 94.5 Å². The van der Waals surface area contributed by atoms with Crippen molar-refractivity contribution in [3.8, 4) is 0 Å². The highest BCUT2D eigenvalue weighted by molar-refractivity contribution is 6.07. The molecule has 1 aromatic carbocycles. The number of benzene rings is 1. The third-order valence-electron chi connectivity index (χ3n) is 2.61. The molecule has 1 aliphatic heterocycles. The lowest BCUT2D eigenvalue weighted by atomic mass is 9.93. The lowest BCUT2D eigenvalue weighted by Crippen LogP contribution is -2.26. The van der Waals surface area contributed by atoms with Gasteiger partial charge in [-0.25, -0.2) is 9.79 Å². The summed E-state index contributed by atoms with van der Waals surface area (Å²) in [5, 5.41) is 0. The zero-order valence-electron chi connectivity index (χ0n) is 9.36. The molecule has 3 nitrogen and oxygen atoms in total. The van der Waals surface area contributed by atoms with Gasteiger partial charge in [-0.15, -0.1) is 0 Å². The summed E-state index contributed by atoms with van der Waals surface area (Å²) in [4.78, 5) is 16.1. The van der Waals surface area contributed by atoms with Gasteiger partial charge in [0.15, 0.2) is 5.54 Å². The summed E-state index contributed by atoms with van der Waals surface area (Å²) in [6.07, 6.45) is 0. The van der Waals surface area contributed by atoms with Crippen LogP contribution in [-0.2, 0) is 15.1 Å². The largest absolute Gasteiger partial charge is 0.405 e. The van der Waals surface area contributed by atoms with Crippen molar-refractivity contribution in [1.82, 2.24) is 0 Å². The quantitative estimate of drug-likeness (QED) is 0.711. The molecule has 82 valence electrons. The fourth-order valence-corrected chi connectivity index (χ4v) is 1.59. The molecule has 0 fully saturated rings.